The first-order valence-electron chi connectivity index (χ1n) is 10.6. The average Bonchev–Trinajstić information content (AvgIpc) is 3.68. The van der Waals surface area contributed by atoms with Crippen LogP contribution in [-0.4, -0.2) is 66.4 Å². The molecule has 160 valence electrons. The van der Waals surface area contributed by atoms with Gasteiger partial charge in [-0.05, 0) is 31.0 Å². The average molecular weight is 419 g/mol. The zero-order valence-electron chi connectivity index (χ0n) is 17.7. The van der Waals surface area contributed by atoms with Gasteiger partial charge in [-0.25, -0.2) is 4.98 Å². The van der Waals surface area contributed by atoms with Gasteiger partial charge in [0.05, 0.1) is 25.9 Å². The SMILES string of the molecule is COc1cc2nncc(-c3ccc(N4CCN(C(=O)C5CC5)CC4)nc3)c2cc1OC. The summed E-state index contributed by atoms with van der Waals surface area (Å²) in [4.78, 5) is 21.2. The highest BCUT2D eigenvalue weighted by Gasteiger charge is 2.34. The molecule has 0 bridgehead atoms. The van der Waals surface area contributed by atoms with Crippen LogP contribution in [0.5, 0.6) is 11.5 Å². The van der Waals surface area contributed by atoms with Gasteiger partial charge in [0.25, 0.3) is 0 Å². The number of aromatic nitrogens is 3. The molecule has 8 heteroatoms. The fraction of sp³-hybridized carbons (Fsp3) is 0.391. The first-order chi connectivity index (χ1) is 15.2. The number of methoxy groups -OCH3 is 2. The van der Waals surface area contributed by atoms with E-state index >= 15 is 0 Å². The third kappa shape index (κ3) is 3.73. The molecule has 1 aliphatic carbocycles. The quantitative estimate of drug-likeness (QED) is 0.629. The summed E-state index contributed by atoms with van der Waals surface area (Å²) in [6.45, 7) is 3.14. The van der Waals surface area contributed by atoms with Crippen molar-refractivity contribution in [3.63, 3.8) is 0 Å². The van der Waals surface area contributed by atoms with Crippen molar-refractivity contribution in [2.24, 2.45) is 5.92 Å². The van der Waals surface area contributed by atoms with Crippen LogP contribution in [0, 0.1) is 5.92 Å². The molecule has 0 unspecified atom stereocenters. The van der Waals surface area contributed by atoms with E-state index in [2.05, 4.69) is 21.2 Å². The Balaban J connectivity index is 1.36. The molecule has 3 heterocycles. The zero-order valence-corrected chi connectivity index (χ0v) is 17.7. The number of hydrogen-bond donors (Lipinski definition) is 0. The lowest BCUT2D eigenvalue weighted by atomic mass is 10.0. The predicted octanol–water partition coefficient (Wildman–Crippen LogP) is 2.77. The van der Waals surface area contributed by atoms with E-state index in [4.69, 9.17) is 14.5 Å². The van der Waals surface area contributed by atoms with E-state index in [0.29, 0.717) is 17.4 Å². The van der Waals surface area contributed by atoms with E-state index in [0.717, 1.165) is 66.9 Å². The summed E-state index contributed by atoms with van der Waals surface area (Å²) in [6, 6.07) is 7.83. The maximum absolute atomic E-state index is 12.3. The first-order valence-corrected chi connectivity index (χ1v) is 10.6. The Morgan fingerprint density at radius 3 is 2.39 bits per heavy atom. The van der Waals surface area contributed by atoms with Crippen LogP contribution in [0.4, 0.5) is 5.82 Å². The Labute approximate surface area is 180 Å². The molecule has 0 spiro atoms. The van der Waals surface area contributed by atoms with Crippen LogP contribution in [0.15, 0.2) is 36.7 Å². The van der Waals surface area contributed by atoms with E-state index in [-0.39, 0.29) is 5.92 Å². The van der Waals surface area contributed by atoms with Crippen molar-refractivity contribution in [3.8, 4) is 22.6 Å². The van der Waals surface area contributed by atoms with Crippen LogP contribution >= 0.6 is 0 Å². The molecule has 5 rings (SSSR count). The van der Waals surface area contributed by atoms with Gasteiger partial charge in [0.15, 0.2) is 11.5 Å². The fourth-order valence-electron chi connectivity index (χ4n) is 4.09. The van der Waals surface area contributed by atoms with Gasteiger partial charge >= 0.3 is 0 Å². The number of nitrogens with zero attached hydrogens (tertiary/aromatic N) is 5. The summed E-state index contributed by atoms with van der Waals surface area (Å²) >= 11 is 0. The summed E-state index contributed by atoms with van der Waals surface area (Å²) in [5.74, 6) is 2.80. The van der Waals surface area contributed by atoms with E-state index < -0.39 is 0 Å². The molecule has 0 atom stereocenters. The highest BCUT2D eigenvalue weighted by molar-refractivity contribution is 5.95. The smallest absolute Gasteiger partial charge is 0.225 e. The van der Waals surface area contributed by atoms with Crippen LogP contribution in [0.3, 0.4) is 0 Å². The summed E-state index contributed by atoms with van der Waals surface area (Å²) in [7, 11) is 3.22. The molecule has 0 N–H and O–H groups in total. The zero-order chi connectivity index (χ0) is 21.4. The molecular weight excluding hydrogens is 394 g/mol. The topological polar surface area (TPSA) is 80.7 Å². The van der Waals surface area contributed by atoms with Crippen LogP contribution in [-0.2, 0) is 4.79 Å². The molecule has 1 saturated carbocycles. The van der Waals surface area contributed by atoms with Crippen LogP contribution in [0.2, 0.25) is 0 Å². The number of carbonyl (C=O) groups excluding carboxylic acids is 1. The Kier molecular flexibility index (Phi) is 5.05. The van der Waals surface area contributed by atoms with Crippen molar-refractivity contribution in [2.75, 3.05) is 45.3 Å². The minimum Gasteiger partial charge on any atom is -0.493 e. The molecule has 1 saturated heterocycles. The van der Waals surface area contributed by atoms with E-state index in [1.165, 1.54) is 0 Å². The largest absolute Gasteiger partial charge is 0.493 e. The number of carbonyl (C=O) groups is 1. The molecule has 31 heavy (non-hydrogen) atoms. The third-order valence-electron chi connectivity index (χ3n) is 6.05. The van der Waals surface area contributed by atoms with Crippen molar-refractivity contribution in [2.45, 2.75) is 12.8 Å². The number of amides is 1. The lowest BCUT2D eigenvalue weighted by molar-refractivity contribution is -0.132. The molecule has 1 aliphatic heterocycles. The Morgan fingerprint density at radius 2 is 1.74 bits per heavy atom. The molecule has 8 nitrogen and oxygen atoms in total. The summed E-state index contributed by atoms with van der Waals surface area (Å²) < 4.78 is 10.8. The predicted molar refractivity (Wildman–Crippen MR) is 117 cm³/mol. The summed E-state index contributed by atoms with van der Waals surface area (Å²) in [5.41, 5.74) is 2.62. The highest BCUT2D eigenvalue weighted by Crippen LogP contribution is 2.36. The van der Waals surface area contributed by atoms with E-state index in [9.17, 15) is 4.79 Å². The van der Waals surface area contributed by atoms with Crippen molar-refractivity contribution in [1.82, 2.24) is 20.1 Å². The minimum absolute atomic E-state index is 0.284. The second-order valence-electron chi connectivity index (χ2n) is 7.97. The van der Waals surface area contributed by atoms with Crippen molar-refractivity contribution in [3.05, 3.63) is 36.7 Å². The Bertz CT molecular complexity index is 1110. The molecule has 3 aromatic rings. The van der Waals surface area contributed by atoms with Crippen molar-refractivity contribution >= 4 is 22.6 Å². The number of benzene rings is 1. The summed E-state index contributed by atoms with van der Waals surface area (Å²) in [5, 5.41) is 9.31. The number of rotatable bonds is 5. The number of ether oxygens (including phenoxy) is 2. The molecule has 0 radical (unpaired) electrons. The van der Waals surface area contributed by atoms with Crippen molar-refractivity contribution in [1.29, 1.82) is 0 Å². The monoisotopic (exact) mass is 419 g/mol. The van der Waals surface area contributed by atoms with Gasteiger partial charge in [-0.3, -0.25) is 4.79 Å². The second kappa shape index (κ2) is 8.02. The molecule has 2 fully saturated rings. The maximum atomic E-state index is 12.3. The minimum atomic E-state index is 0.284. The summed E-state index contributed by atoms with van der Waals surface area (Å²) in [6.07, 6.45) is 5.72. The van der Waals surface area contributed by atoms with Gasteiger partial charge in [-0.2, -0.15) is 10.2 Å². The molecule has 1 amide bonds. The number of anilines is 1. The van der Waals surface area contributed by atoms with E-state index in [1.807, 2.05) is 29.3 Å². The molecule has 2 aliphatic rings. The number of fused-ring (bicyclic) bond motifs is 1. The van der Waals surface area contributed by atoms with Gasteiger partial charge in [-0.15, -0.1) is 0 Å². The molecule has 1 aromatic carbocycles. The van der Waals surface area contributed by atoms with Crippen LogP contribution in [0.1, 0.15) is 12.8 Å². The lowest BCUT2D eigenvalue weighted by Gasteiger charge is -2.35. The number of pyridine rings is 1. The van der Waals surface area contributed by atoms with Crippen LogP contribution < -0.4 is 14.4 Å². The van der Waals surface area contributed by atoms with Gasteiger partial charge < -0.3 is 19.3 Å². The second-order valence-corrected chi connectivity index (χ2v) is 7.97. The third-order valence-corrected chi connectivity index (χ3v) is 6.05. The maximum Gasteiger partial charge on any atom is 0.225 e. The van der Waals surface area contributed by atoms with Gasteiger partial charge in [0.1, 0.15) is 5.82 Å². The first kappa shape index (κ1) is 19.5. The molecule has 2 aromatic heterocycles. The standard InChI is InChI=1S/C23H25N5O3/c1-30-20-11-17-18(14-25-26-19(17)12-21(20)31-2)16-5-6-22(24-13-16)27-7-9-28(10-8-27)23(29)15-3-4-15/h5-6,11-15H,3-4,7-10H2,1-2H3. The van der Waals surface area contributed by atoms with Gasteiger partial charge in [0.2, 0.25) is 5.91 Å². The number of hydrogen-bond acceptors (Lipinski definition) is 7. The molecular formula is C23H25N5O3. The fourth-order valence-corrected chi connectivity index (χ4v) is 4.09. The number of piperazine rings is 1. The normalized spacial score (nSPS) is 16.5. The Hall–Kier alpha value is -3.42. The van der Waals surface area contributed by atoms with Crippen LogP contribution in [0.25, 0.3) is 22.0 Å². The Morgan fingerprint density at radius 1 is 1.00 bits per heavy atom. The van der Waals surface area contributed by atoms with Gasteiger partial charge in [0, 0.05) is 60.9 Å². The van der Waals surface area contributed by atoms with Gasteiger partial charge in [-0.1, -0.05) is 0 Å². The van der Waals surface area contributed by atoms with E-state index in [1.54, 1.807) is 20.4 Å². The van der Waals surface area contributed by atoms with Crippen molar-refractivity contribution < 1.29 is 14.3 Å². The highest BCUT2D eigenvalue weighted by atomic mass is 16.5. The lowest BCUT2D eigenvalue weighted by Crippen LogP contribution is -2.49.